The van der Waals surface area contributed by atoms with Crippen LogP contribution in [0.4, 0.5) is 0 Å². The summed E-state index contributed by atoms with van der Waals surface area (Å²) in [6.45, 7) is 6.15. The number of aliphatic hydroxyl groups excluding tert-OH is 1. The zero-order chi connectivity index (χ0) is 12.4. The van der Waals surface area contributed by atoms with Gasteiger partial charge in [0.15, 0.2) is 5.76 Å². The van der Waals surface area contributed by atoms with Crippen LogP contribution >= 0.6 is 0 Å². The molecule has 2 rings (SSSR count). The fraction of sp³-hybridized carbons (Fsp3) is 0.462. The van der Waals surface area contributed by atoms with E-state index in [0.717, 1.165) is 23.0 Å². The number of imidazole rings is 1. The van der Waals surface area contributed by atoms with Crippen LogP contribution in [0.15, 0.2) is 22.7 Å². The highest BCUT2D eigenvalue weighted by molar-refractivity contribution is 5.51. The maximum absolute atomic E-state index is 9.35. The maximum Gasteiger partial charge on any atom is 0.152 e. The first-order valence-electron chi connectivity index (χ1n) is 5.84. The van der Waals surface area contributed by atoms with Gasteiger partial charge in [0, 0.05) is 5.92 Å². The minimum absolute atomic E-state index is 0.0415. The Morgan fingerprint density at radius 2 is 2.18 bits per heavy atom. The van der Waals surface area contributed by atoms with Crippen molar-refractivity contribution >= 4 is 0 Å². The van der Waals surface area contributed by atoms with E-state index in [9.17, 15) is 5.11 Å². The maximum atomic E-state index is 9.35. The van der Waals surface area contributed by atoms with E-state index in [-0.39, 0.29) is 12.5 Å². The Hall–Kier alpha value is -1.55. The Morgan fingerprint density at radius 1 is 1.41 bits per heavy atom. The third-order valence-electron chi connectivity index (χ3n) is 2.95. The first-order valence-corrected chi connectivity index (χ1v) is 5.84. The summed E-state index contributed by atoms with van der Waals surface area (Å²) >= 11 is 0. The molecular weight excluding hydrogens is 216 g/mol. The molecule has 17 heavy (non-hydrogen) atoms. The topological polar surface area (TPSA) is 62.1 Å². The van der Waals surface area contributed by atoms with E-state index in [0.29, 0.717) is 5.92 Å². The molecular formula is C13H18N2O2. The van der Waals surface area contributed by atoms with Gasteiger partial charge in [0.2, 0.25) is 0 Å². The predicted molar refractivity (Wildman–Crippen MR) is 65.7 cm³/mol. The molecule has 2 aromatic rings. The van der Waals surface area contributed by atoms with Crippen LogP contribution in [-0.4, -0.2) is 21.7 Å². The summed E-state index contributed by atoms with van der Waals surface area (Å²) in [5.41, 5.74) is 0.854. The molecule has 2 aromatic heterocycles. The van der Waals surface area contributed by atoms with Crippen molar-refractivity contribution in [3.63, 3.8) is 0 Å². The summed E-state index contributed by atoms with van der Waals surface area (Å²) in [5.74, 6) is 2.85. The predicted octanol–water partition coefficient (Wildman–Crippen LogP) is 2.71. The normalized spacial score (nSPS) is 13.2. The molecule has 0 aromatic carbocycles. The monoisotopic (exact) mass is 234 g/mol. The van der Waals surface area contributed by atoms with E-state index >= 15 is 0 Å². The molecule has 4 nitrogen and oxygen atoms in total. The van der Waals surface area contributed by atoms with Crippen molar-refractivity contribution < 1.29 is 9.52 Å². The van der Waals surface area contributed by atoms with Gasteiger partial charge in [0.25, 0.3) is 0 Å². The molecule has 2 N–H and O–H groups in total. The van der Waals surface area contributed by atoms with Crippen molar-refractivity contribution in [3.8, 4) is 11.5 Å². The molecule has 1 atom stereocenters. The van der Waals surface area contributed by atoms with Gasteiger partial charge in [-0.15, -0.1) is 0 Å². The zero-order valence-corrected chi connectivity index (χ0v) is 10.4. The number of H-pyrrole nitrogens is 1. The van der Waals surface area contributed by atoms with Crippen LogP contribution in [0.25, 0.3) is 11.5 Å². The molecule has 0 saturated heterocycles. The van der Waals surface area contributed by atoms with Gasteiger partial charge in [-0.05, 0) is 25.0 Å². The van der Waals surface area contributed by atoms with Crippen molar-refractivity contribution in [2.45, 2.75) is 26.7 Å². The Bertz CT molecular complexity index is 485. The number of nitrogens with zero attached hydrogens (tertiary/aromatic N) is 1. The van der Waals surface area contributed by atoms with E-state index in [1.165, 1.54) is 0 Å². The lowest BCUT2D eigenvalue weighted by Crippen LogP contribution is -2.12. The van der Waals surface area contributed by atoms with Gasteiger partial charge in [-0.3, -0.25) is 0 Å². The number of hydrogen-bond acceptors (Lipinski definition) is 3. The number of aromatic amines is 1. The molecule has 1 unspecified atom stereocenters. The molecule has 0 radical (unpaired) electrons. The Labute approximate surface area is 101 Å². The quantitative estimate of drug-likeness (QED) is 0.855. The molecule has 0 amide bonds. The number of hydrogen-bond donors (Lipinski definition) is 2. The van der Waals surface area contributed by atoms with Gasteiger partial charge in [-0.25, -0.2) is 4.98 Å². The molecule has 0 spiro atoms. The fourth-order valence-corrected chi connectivity index (χ4v) is 1.84. The Morgan fingerprint density at radius 3 is 2.71 bits per heavy atom. The summed E-state index contributed by atoms with van der Waals surface area (Å²) in [4.78, 5) is 7.53. The van der Waals surface area contributed by atoms with Gasteiger partial charge >= 0.3 is 0 Å². The number of furan rings is 1. The van der Waals surface area contributed by atoms with Crippen molar-refractivity contribution in [2.75, 3.05) is 6.61 Å². The third kappa shape index (κ3) is 2.42. The fourth-order valence-electron chi connectivity index (χ4n) is 1.84. The molecule has 0 fully saturated rings. The minimum Gasteiger partial charge on any atom is -0.460 e. The number of rotatable bonds is 4. The van der Waals surface area contributed by atoms with E-state index in [1.54, 1.807) is 6.20 Å². The van der Waals surface area contributed by atoms with Crippen molar-refractivity contribution in [2.24, 2.45) is 5.92 Å². The second-order valence-corrected chi connectivity index (χ2v) is 4.63. The lowest BCUT2D eigenvalue weighted by molar-refractivity contribution is 0.232. The zero-order valence-electron chi connectivity index (χ0n) is 10.4. The number of nitrogens with one attached hydrogen (secondary N) is 1. The Balaban J connectivity index is 2.26. The summed E-state index contributed by atoms with van der Waals surface area (Å²) in [5, 5.41) is 9.35. The van der Waals surface area contributed by atoms with Crippen LogP contribution in [0.1, 0.15) is 31.4 Å². The average molecular weight is 234 g/mol. The summed E-state index contributed by atoms with van der Waals surface area (Å²) in [6.07, 6.45) is 1.75. The van der Waals surface area contributed by atoms with Crippen LogP contribution in [0, 0.1) is 12.8 Å². The van der Waals surface area contributed by atoms with E-state index < -0.39 is 0 Å². The SMILES string of the molecule is Cc1ccc(-c2cnc(C(CO)C(C)C)[nH]2)o1. The van der Waals surface area contributed by atoms with Crippen LogP contribution in [0.2, 0.25) is 0 Å². The van der Waals surface area contributed by atoms with Crippen molar-refractivity contribution in [1.82, 2.24) is 9.97 Å². The second kappa shape index (κ2) is 4.75. The lowest BCUT2D eigenvalue weighted by atomic mass is 9.96. The Kier molecular flexibility index (Phi) is 3.33. The number of aryl methyl sites for hydroxylation is 1. The highest BCUT2D eigenvalue weighted by atomic mass is 16.3. The first-order chi connectivity index (χ1) is 8.11. The van der Waals surface area contributed by atoms with Crippen LogP contribution in [0.5, 0.6) is 0 Å². The van der Waals surface area contributed by atoms with Crippen molar-refractivity contribution in [1.29, 1.82) is 0 Å². The minimum atomic E-state index is 0.0415. The van der Waals surface area contributed by atoms with Gasteiger partial charge in [0.1, 0.15) is 17.3 Å². The molecule has 4 heteroatoms. The van der Waals surface area contributed by atoms with E-state index in [2.05, 4.69) is 23.8 Å². The molecule has 0 aliphatic rings. The molecule has 0 aliphatic heterocycles. The second-order valence-electron chi connectivity index (χ2n) is 4.63. The highest BCUT2D eigenvalue weighted by Gasteiger charge is 2.18. The molecule has 0 saturated carbocycles. The lowest BCUT2D eigenvalue weighted by Gasteiger charge is -2.14. The van der Waals surface area contributed by atoms with Gasteiger partial charge < -0.3 is 14.5 Å². The third-order valence-corrected chi connectivity index (χ3v) is 2.95. The van der Waals surface area contributed by atoms with Gasteiger partial charge in [-0.2, -0.15) is 0 Å². The smallest absolute Gasteiger partial charge is 0.152 e. The van der Waals surface area contributed by atoms with Crippen LogP contribution in [-0.2, 0) is 0 Å². The molecule has 92 valence electrons. The van der Waals surface area contributed by atoms with Crippen molar-refractivity contribution in [3.05, 3.63) is 29.9 Å². The number of aromatic nitrogens is 2. The largest absolute Gasteiger partial charge is 0.460 e. The number of aliphatic hydroxyl groups is 1. The summed E-state index contributed by atoms with van der Waals surface area (Å²) in [6, 6.07) is 3.83. The van der Waals surface area contributed by atoms with E-state index in [4.69, 9.17) is 4.42 Å². The summed E-state index contributed by atoms with van der Waals surface area (Å²) < 4.78 is 5.52. The van der Waals surface area contributed by atoms with Gasteiger partial charge in [-0.1, -0.05) is 13.8 Å². The highest BCUT2D eigenvalue weighted by Crippen LogP contribution is 2.25. The van der Waals surface area contributed by atoms with Crippen LogP contribution in [0.3, 0.4) is 0 Å². The average Bonchev–Trinajstić information content (AvgIpc) is 2.87. The molecule has 0 bridgehead atoms. The van der Waals surface area contributed by atoms with E-state index in [1.807, 2.05) is 19.1 Å². The van der Waals surface area contributed by atoms with Crippen LogP contribution < -0.4 is 0 Å². The van der Waals surface area contributed by atoms with Gasteiger partial charge in [0.05, 0.1) is 12.8 Å². The summed E-state index contributed by atoms with van der Waals surface area (Å²) in [7, 11) is 0. The standard InChI is InChI=1S/C13H18N2O2/c1-8(2)10(7-16)13-14-6-11(15-13)12-5-4-9(3)17-12/h4-6,8,10,16H,7H2,1-3H3,(H,14,15). The molecule has 2 heterocycles. The molecule has 0 aliphatic carbocycles. The first kappa shape index (κ1) is 11.9.